The van der Waals surface area contributed by atoms with Crippen LogP contribution in [0.5, 0.6) is 0 Å². The highest BCUT2D eigenvalue weighted by Crippen LogP contribution is 2.12. The van der Waals surface area contributed by atoms with Crippen LogP contribution in [0, 0.1) is 0 Å². The molecule has 134 valence electrons. The summed E-state index contributed by atoms with van der Waals surface area (Å²) >= 11 is 0. The number of ether oxygens (including phenoxy) is 1. The molecule has 1 fully saturated rings. The number of rotatable bonds is 13. The van der Waals surface area contributed by atoms with Gasteiger partial charge >= 0.3 is 11.9 Å². The van der Waals surface area contributed by atoms with Gasteiger partial charge in [-0.05, 0) is 25.8 Å². The molecular formula is C19H35NO3. The highest BCUT2D eigenvalue weighted by atomic mass is 16.6. The molecule has 1 rings (SSSR count). The third-order valence-electron chi connectivity index (χ3n) is 4.54. The second-order valence-corrected chi connectivity index (χ2v) is 6.73. The highest BCUT2D eigenvalue weighted by molar-refractivity contribution is 5.88. The maximum Gasteiger partial charge on any atom is 0.330 e. The van der Waals surface area contributed by atoms with E-state index in [1.54, 1.807) is 0 Å². The fraction of sp³-hybridized carbons (Fsp3) is 0.895. The van der Waals surface area contributed by atoms with Gasteiger partial charge in [-0.2, -0.15) is 0 Å². The van der Waals surface area contributed by atoms with Crippen molar-refractivity contribution in [1.82, 2.24) is 5.32 Å². The van der Waals surface area contributed by atoms with E-state index in [4.69, 9.17) is 4.74 Å². The third kappa shape index (κ3) is 10.5. The minimum atomic E-state index is -0.393. The smallest absolute Gasteiger partial charge is 0.330 e. The second kappa shape index (κ2) is 13.5. The minimum absolute atomic E-state index is 0.267. The Kier molecular flexibility index (Phi) is 11.9. The van der Waals surface area contributed by atoms with Crippen LogP contribution in [0.2, 0.25) is 0 Å². The zero-order valence-corrected chi connectivity index (χ0v) is 14.9. The Morgan fingerprint density at radius 1 is 0.913 bits per heavy atom. The summed E-state index contributed by atoms with van der Waals surface area (Å²) in [6.07, 6.45) is 15.9. The molecule has 4 heteroatoms. The number of unbranched alkanes of at least 4 members (excludes halogenated alkanes) is 10. The summed E-state index contributed by atoms with van der Waals surface area (Å²) in [5, 5.41) is 3.05. The molecule has 1 saturated heterocycles. The quantitative estimate of drug-likeness (QED) is 0.307. The minimum Gasteiger partial charge on any atom is -0.392 e. The van der Waals surface area contributed by atoms with Crippen molar-refractivity contribution in [1.29, 1.82) is 0 Å². The maximum absolute atomic E-state index is 11.7. The van der Waals surface area contributed by atoms with Crippen LogP contribution in [0.3, 0.4) is 0 Å². The van der Waals surface area contributed by atoms with E-state index in [2.05, 4.69) is 12.2 Å². The summed E-state index contributed by atoms with van der Waals surface area (Å²) in [5.74, 6) is -0.754. The lowest BCUT2D eigenvalue weighted by molar-refractivity contribution is -0.161. The van der Waals surface area contributed by atoms with Gasteiger partial charge in [-0.3, -0.25) is 4.79 Å². The van der Waals surface area contributed by atoms with E-state index in [1.165, 1.54) is 57.8 Å². The van der Waals surface area contributed by atoms with Crippen LogP contribution >= 0.6 is 0 Å². The molecule has 0 amide bonds. The number of hydrogen-bond acceptors (Lipinski definition) is 4. The standard InChI is InChI=1S/C19H35NO3/c1-2-3-4-5-6-7-8-9-10-11-12-15-18(21)23-19(22)17-14-13-16-20-17/h17,20H,2-16H2,1H3/t17-/m1/s1. The van der Waals surface area contributed by atoms with E-state index in [-0.39, 0.29) is 12.0 Å². The molecule has 0 aliphatic carbocycles. The zero-order valence-electron chi connectivity index (χ0n) is 14.9. The highest BCUT2D eigenvalue weighted by Gasteiger charge is 2.25. The molecule has 0 aromatic rings. The predicted octanol–water partition coefficient (Wildman–Crippen LogP) is 4.51. The molecule has 4 nitrogen and oxygen atoms in total. The number of hydrogen-bond donors (Lipinski definition) is 1. The molecule has 1 N–H and O–H groups in total. The van der Waals surface area contributed by atoms with Gasteiger partial charge in [0.1, 0.15) is 6.04 Å². The Morgan fingerprint density at radius 3 is 2.00 bits per heavy atom. The molecule has 1 heterocycles. The third-order valence-corrected chi connectivity index (χ3v) is 4.54. The van der Waals surface area contributed by atoms with Gasteiger partial charge in [0.25, 0.3) is 0 Å². The van der Waals surface area contributed by atoms with Gasteiger partial charge in [0.15, 0.2) is 0 Å². The average molecular weight is 325 g/mol. The lowest BCUT2D eigenvalue weighted by Crippen LogP contribution is -2.33. The summed E-state index contributed by atoms with van der Waals surface area (Å²) in [4.78, 5) is 23.3. The van der Waals surface area contributed by atoms with Gasteiger partial charge in [0.2, 0.25) is 0 Å². The topological polar surface area (TPSA) is 55.4 Å². The van der Waals surface area contributed by atoms with E-state index >= 15 is 0 Å². The van der Waals surface area contributed by atoms with E-state index < -0.39 is 5.97 Å². The number of nitrogens with one attached hydrogen (secondary N) is 1. The molecule has 0 aromatic carbocycles. The van der Waals surface area contributed by atoms with Gasteiger partial charge in [-0.1, -0.05) is 71.1 Å². The first-order valence-electron chi connectivity index (χ1n) is 9.72. The molecule has 0 radical (unpaired) electrons. The van der Waals surface area contributed by atoms with Gasteiger partial charge in [-0.25, -0.2) is 4.79 Å². The molecule has 0 unspecified atom stereocenters. The van der Waals surface area contributed by atoms with Gasteiger partial charge in [0.05, 0.1) is 0 Å². The van der Waals surface area contributed by atoms with Crippen LogP contribution in [0.4, 0.5) is 0 Å². The second-order valence-electron chi connectivity index (χ2n) is 6.73. The van der Waals surface area contributed by atoms with Crippen LogP contribution in [0.1, 0.15) is 96.8 Å². The van der Waals surface area contributed by atoms with Gasteiger partial charge < -0.3 is 10.1 Å². The maximum atomic E-state index is 11.7. The van der Waals surface area contributed by atoms with E-state index in [0.29, 0.717) is 6.42 Å². The predicted molar refractivity (Wildman–Crippen MR) is 93.2 cm³/mol. The lowest BCUT2D eigenvalue weighted by atomic mass is 10.1. The zero-order chi connectivity index (χ0) is 16.8. The molecule has 0 bridgehead atoms. The van der Waals surface area contributed by atoms with Crippen molar-refractivity contribution in [2.24, 2.45) is 0 Å². The summed E-state index contributed by atoms with van der Waals surface area (Å²) < 4.78 is 4.89. The van der Waals surface area contributed by atoms with E-state index in [1.807, 2.05) is 0 Å². The van der Waals surface area contributed by atoms with Crippen LogP contribution < -0.4 is 5.32 Å². The van der Waals surface area contributed by atoms with Crippen molar-refractivity contribution in [3.05, 3.63) is 0 Å². The van der Waals surface area contributed by atoms with E-state index in [0.717, 1.165) is 32.2 Å². The van der Waals surface area contributed by atoms with Gasteiger partial charge in [0, 0.05) is 6.42 Å². The normalized spacial score (nSPS) is 17.3. The van der Waals surface area contributed by atoms with Crippen LogP contribution in [-0.4, -0.2) is 24.5 Å². The monoisotopic (exact) mass is 325 g/mol. The molecule has 0 saturated carbocycles. The number of carbonyl (C=O) groups excluding carboxylic acids is 2. The first-order chi connectivity index (χ1) is 11.2. The summed E-state index contributed by atoms with van der Waals surface area (Å²) in [6.45, 7) is 3.09. The first kappa shape index (κ1) is 20.1. The van der Waals surface area contributed by atoms with E-state index in [9.17, 15) is 9.59 Å². The Balaban J connectivity index is 1.84. The van der Waals surface area contributed by atoms with Crippen molar-refractivity contribution in [3.63, 3.8) is 0 Å². The Labute approximate surface area is 141 Å². The summed E-state index contributed by atoms with van der Waals surface area (Å²) in [6, 6.07) is -0.267. The first-order valence-corrected chi connectivity index (χ1v) is 9.72. The van der Waals surface area contributed by atoms with Crippen molar-refractivity contribution in [2.75, 3.05) is 6.54 Å². The van der Waals surface area contributed by atoms with Crippen molar-refractivity contribution < 1.29 is 14.3 Å². The number of esters is 2. The molecule has 0 aromatic heterocycles. The molecule has 1 atom stereocenters. The van der Waals surface area contributed by atoms with Crippen LogP contribution in [0.15, 0.2) is 0 Å². The molecule has 23 heavy (non-hydrogen) atoms. The molecular weight excluding hydrogens is 290 g/mol. The van der Waals surface area contributed by atoms with Crippen LogP contribution in [-0.2, 0) is 14.3 Å². The summed E-state index contributed by atoms with van der Waals surface area (Å²) in [7, 11) is 0. The largest absolute Gasteiger partial charge is 0.392 e. The van der Waals surface area contributed by atoms with Crippen molar-refractivity contribution >= 4 is 11.9 Å². The fourth-order valence-corrected chi connectivity index (χ4v) is 3.05. The summed E-state index contributed by atoms with van der Waals surface area (Å²) in [5.41, 5.74) is 0. The number of carbonyl (C=O) groups is 2. The van der Waals surface area contributed by atoms with Gasteiger partial charge in [-0.15, -0.1) is 0 Å². The molecule has 0 spiro atoms. The van der Waals surface area contributed by atoms with Crippen molar-refractivity contribution in [3.8, 4) is 0 Å². The molecule has 1 aliphatic rings. The average Bonchev–Trinajstić information content (AvgIpc) is 3.07. The SMILES string of the molecule is CCCCCCCCCCCCCC(=O)OC(=O)[C@H]1CCCN1. The Hall–Kier alpha value is -0.900. The van der Waals surface area contributed by atoms with Crippen molar-refractivity contribution in [2.45, 2.75) is 103 Å². The fourth-order valence-electron chi connectivity index (χ4n) is 3.05. The Bertz CT molecular complexity index is 325. The van der Waals surface area contributed by atoms with Crippen LogP contribution in [0.25, 0.3) is 0 Å². The Morgan fingerprint density at radius 2 is 1.48 bits per heavy atom. The molecule has 1 aliphatic heterocycles. The lowest BCUT2D eigenvalue weighted by Gasteiger charge is -2.08.